The van der Waals surface area contributed by atoms with Gasteiger partial charge in [0.2, 0.25) is 0 Å². The Morgan fingerprint density at radius 2 is 2.00 bits per heavy atom. The molecule has 2 aromatic rings. The molecular formula is C16H18ClN3O. The van der Waals surface area contributed by atoms with Gasteiger partial charge in [0.05, 0.1) is 0 Å². The van der Waals surface area contributed by atoms with E-state index < -0.39 is 0 Å². The first-order chi connectivity index (χ1) is 10.1. The van der Waals surface area contributed by atoms with Gasteiger partial charge < -0.3 is 11.1 Å². The van der Waals surface area contributed by atoms with Gasteiger partial charge in [0, 0.05) is 11.3 Å². The third kappa shape index (κ3) is 4.46. The van der Waals surface area contributed by atoms with Gasteiger partial charge in [0.1, 0.15) is 11.0 Å². The maximum atomic E-state index is 12.1. The highest BCUT2D eigenvalue weighted by atomic mass is 35.5. The van der Waals surface area contributed by atoms with Crippen LogP contribution in [0.5, 0.6) is 0 Å². The fourth-order valence-corrected chi connectivity index (χ4v) is 2.20. The normalized spacial score (nSPS) is 10.4. The van der Waals surface area contributed by atoms with Crippen molar-refractivity contribution < 1.29 is 4.79 Å². The number of anilines is 2. The number of nitrogens with zero attached hydrogens (tertiary/aromatic N) is 1. The lowest BCUT2D eigenvalue weighted by Gasteiger charge is -2.07. The Morgan fingerprint density at radius 3 is 2.62 bits per heavy atom. The maximum absolute atomic E-state index is 12.1. The van der Waals surface area contributed by atoms with Crippen LogP contribution in [-0.2, 0) is 6.42 Å². The molecule has 21 heavy (non-hydrogen) atoms. The fourth-order valence-electron chi connectivity index (χ4n) is 1.99. The molecule has 4 nitrogen and oxygen atoms in total. The van der Waals surface area contributed by atoms with E-state index in [-0.39, 0.29) is 16.9 Å². The lowest BCUT2D eigenvalue weighted by molar-refractivity contribution is 0.102. The van der Waals surface area contributed by atoms with Crippen LogP contribution in [-0.4, -0.2) is 10.9 Å². The summed E-state index contributed by atoms with van der Waals surface area (Å²) in [6.45, 7) is 2.17. The van der Waals surface area contributed by atoms with Crippen molar-refractivity contribution in [1.29, 1.82) is 0 Å². The number of benzene rings is 1. The minimum atomic E-state index is -0.257. The average molecular weight is 304 g/mol. The number of hydrogen-bond donors (Lipinski definition) is 2. The SMILES string of the molecule is CCCCc1ccc(NC(=O)c2cc(N)nc(Cl)c2)cc1. The minimum Gasteiger partial charge on any atom is -0.384 e. The standard InChI is InChI=1S/C16H18ClN3O/c1-2-3-4-11-5-7-13(8-6-11)19-16(21)12-9-14(17)20-15(18)10-12/h5-10H,2-4H2,1H3,(H2,18,20)(H,19,21). The van der Waals surface area contributed by atoms with E-state index >= 15 is 0 Å². The summed E-state index contributed by atoms with van der Waals surface area (Å²) in [6.07, 6.45) is 3.39. The molecule has 3 N–H and O–H groups in total. The molecule has 1 amide bonds. The van der Waals surface area contributed by atoms with Gasteiger partial charge in [-0.15, -0.1) is 0 Å². The van der Waals surface area contributed by atoms with Crippen LogP contribution in [0.3, 0.4) is 0 Å². The smallest absolute Gasteiger partial charge is 0.255 e. The van der Waals surface area contributed by atoms with Crippen molar-refractivity contribution in [3.05, 3.63) is 52.7 Å². The molecule has 5 heteroatoms. The van der Waals surface area contributed by atoms with Crippen LogP contribution in [0.4, 0.5) is 11.5 Å². The van der Waals surface area contributed by atoms with Crippen LogP contribution in [0.15, 0.2) is 36.4 Å². The van der Waals surface area contributed by atoms with E-state index in [9.17, 15) is 4.79 Å². The molecule has 0 bridgehead atoms. The zero-order valence-corrected chi connectivity index (χ0v) is 12.7. The second-order valence-electron chi connectivity index (χ2n) is 4.86. The number of amides is 1. The first kappa shape index (κ1) is 15.3. The van der Waals surface area contributed by atoms with E-state index in [0.29, 0.717) is 5.56 Å². The predicted molar refractivity (Wildman–Crippen MR) is 86.7 cm³/mol. The molecule has 0 saturated carbocycles. The highest BCUT2D eigenvalue weighted by Crippen LogP contribution is 2.16. The third-order valence-corrected chi connectivity index (χ3v) is 3.30. The largest absolute Gasteiger partial charge is 0.384 e. The quantitative estimate of drug-likeness (QED) is 0.823. The molecule has 0 atom stereocenters. The number of hydrogen-bond acceptors (Lipinski definition) is 3. The monoisotopic (exact) mass is 303 g/mol. The van der Waals surface area contributed by atoms with E-state index in [2.05, 4.69) is 17.2 Å². The number of carbonyl (C=O) groups is 1. The Balaban J connectivity index is 2.05. The number of rotatable bonds is 5. The third-order valence-electron chi connectivity index (χ3n) is 3.11. The topological polar surface area (TPSA) is 68.0 Å². The van der Waals surface area contributed by atoms with Crippen molar-refractivity contribution in [3.63, 3.8) is 0 Å². The lowest BCUT2D eigenvalue weighted by atomic mass is 10.1. The van der Waals surface area contributed by atoms with Gasteiger partial charge in [-0.25, -0.2) is 4.98 Å². The van der Waals surface area contributed by atoms with Gasteiger partial charge in [0.15, 0.2) is 0 Å². The number of nitrogens with one attached hydrogen (secondary N) is 1. The fraction of sp³-hybridized carbons (Fsp3) is 0.250. The van der Waals surface area contributed by atoms with Crippen LogP contribution >= 0.6 is 11.6 Å². The van der Waals surface area contributed by atoms with Gasteiger partial charge in [0.25, 0.3) is 5.91 Å². The van der Waals surface area contributed by atoms with Crippen LogP contribution in [0.2, 0.25) is 5.15 Å². The highest BCUT2D eigenvalue weighted by molar-refractivity contribution is 6.30. The number of unbranched alkanes of at least 4 members (excludes halogenated alkanes) is 1. The first-order valence-electron chi connectivity index (χ1n) is 6.92. The molecule has 2 rings (SSSR count). The first-order valence-corrected chi connectivity index (χ1v) is 7.29. The summed E-state index contributed by atoms with van der Waals surface area (Å²) in [5, 5.41) is 3.02. The predicted octanol–water partition coefficient (Wildman–Crippen LogP) is 3.91. The van der Waals surface area contributed by atoms with Crippen molar-refractivity contribution >= 4 is 29.0 Å². The Labute approximate surface area is 129 Å². The summed E-state index contributed by atoms with van der Waals surface area (Å²) in [6, 6.07) is 10.8. The van der Waals surface area contributed by atoms with Gasteiger partial charge >= 0.3 is 0 Å². The van der Waals surface area contributed by atoms with Crippen LogP contribution in [0.25, 0.3) is 0 Å². The molecule has 1 heterocycles. The lowest BCUT2D eigenvalue weighted by Crippen LogP contribution is -2.12. The number of nitrogens with two attached hydrogens (primary N) is 1. The molecule has 1 aromatic carbocycles. The molecule has 0 saturated heterocycles. The molecule has 0 radical (unpaired) electrons. The van der Waals surface area contributed by atoms with Crippen molar-refractivity contribution in [3.8, 4) is 0 Å². The molecular weight excluding hydrogens is 286 g/mol. The van der Waals surface area contributed by atoms with E-state index in [4.69, 9.17) is 17.3 Å². The van der Waals surface area contributed by atoms with Crippen molar-refractivity contribution in [2.24, 2.45) is 0 Å². The summed E-state index contributed by atoms with van der Waals surface area (Å²) in [5.74, 6) is -0.0325. The summed E-state index contributed by atoms with van der Waals surface area (Å²) in [4.78, 5) is 15.9. The van der Waals surface area contributed by atoms with Crippen molar-refractivity contribution in [1.82, 2.24) is 4.98 Å². The zero-order chi connectivity index (χ0) is 15.2. The maximum Gasteiger partial charge on any atom is 0.255 e. The number of nitrogen functional groups attached to an aromatic ring is 1. The van der Waals surface area contributed by atoms with Gasteiger partial charge in [-0.05, 0) is 42.7 Å². The summed E-state index contributed by atoms with van der Waals surface area (Å²) < 4.78 is 0. The summed E-state index contributed by atoms with van der Waals surface area (Å²) in [5.41, 5.74) is 7.98. The second kappa shape index (κ2) is 7.09. The number of pyridine rings is 1. The van der Waals surface area contributed by atoms with Gasteiger partial charge in [-0.1, -0.05) is 37.1 Å². The molecule has 0 unspecified atom stereocenters. The van der Waals surface area contributed by atoms with E-state index in [1.54, 1.807) is 0 Å². The zero-order valence-electron chi connectivity index (χ0n) is 11.9. The Kier molecular flexibility index (Phi) is 5.17. The van der Waals surface area contributed by atoms with Crippen LogP contribution < -0.4 is 11.1 Å². The number of aromatic nitrogens is 1. The summed E-state index contributed by atoms with van der Waals surface area (Å²) in [7, 11) is 0. The average Bonchev–Trinajstić information content (AvgIpc) is 2.45. The van der Waals surface area contributed by atoms with Crippen LogP contribution in [0, 0.1) is 0 Å². The van der Waals surface area contributed by atoms with E-state index in [0.717, 1.165) is 12.1 Å². The van der Waals surface area contributed by atoms with Crippen LogP contribution in [0.1, 0.15) is 35.7 Å². The molecule has 0 aliphatic carbocycles. The highest BCUT2D eigenvalue weighted by Gasteiger charge is 2.08. The number of carbonyl (C=O) groups excluding carboxylic acids is 1. The van der Waals surface area contributed by atoms with E-state index in [1.807, 2.05) is 24.3 Å². The molecule has 0 fully saturated rings. The second-order valence-corrected chi connectivity index (χ2v) is 5.25. The van der Waals surface area contributed by atoms with Gasteiger partial charge in [-0.2, -0.15) is 0 Å². The van der Waals surface area contributed by atoms with Crippen molar-refractivity contribution in [2.45, 2.75) is 26.2 Å². The molecule has 110 valence electrons. The minimum absolute atomic E-state index is 0.204. The number of aryl methyl sites for hydroxylation is 1. The van der Waals surface area contributed by atoms with Gasteiger partial charge in [-0.3, -0.25) is 4.79 Å². The summed E-state index contributed by atoms with van der Waals surface area (Å²) >= 11 is 5.80. The Hall–Kier alpha value is -2.07. The Morgan fingerprint density at radius 1 is 1.29 bits per heavy atom. The number of halogens is 1. The molecule has 0 aliphatic heterocycles. The molecule has 0 spiro atoms. The molecule has 0 aliphatic rings. The Bertz CT molecular complexity index is 606. The van der Waals surface area contributed by atoms with E-state index in [1.165, 1.54) is 30.5 Å². The molecule has 1 aromatic heterocycles. The van der Waals surface area contributed by atoms with Crippen molar-refractivity contribution in [2.75, 3.05) is 11.1 Å².